The lowest BCUT2D eigenvalue weighted by molar-refractivity contribution is -0.136. The number of carbonyl (C=O) groups is 2. The van der Waals surface area contributed by atoms with Crippen LogP contribution >= 0.6 is 22.9 Å². The van der Waals surface area contributed by atoms with E-state index in [0.717, 1.165) is 17.0 Å². The number of nitrogens with one attached hydrogen (secondary N) is 1. The number of nitrogens with zero attached hydrogens (tertiary/aromatic N) is 4. The van der Waals surface area contributed by atoms with Crippen LogP contribution in [0.3, 0.4) is 0 Å². The molecule has 1 aromatic heterocycles. The van der Waals surface area contributed by atoms with Crippen LogP contribution < -0.4 is 10.2 Å². The van der Waals surface area contributed by atoms with Gasteiger partial charge in [-0.15, -0.1) is 10.2 Å². The molecule has 0 aliphatic carbocycles. The molecule has 11 heteroatoms. The zero-order valence-corrected chi connectivity index (χ0v) is 19.1. The number of piperazine rings is 1. The Balaban J connectivity index is 1.20. The Morgan fingerprint density at radius 3 is 2.64 bits per heavy atom. The van der Waals surface area contributed by atoms with Crippen LogP contribution in [0.15, 0.2) is 48.5 Å². The molecule has 1 N–H and O–H groups in total. The summed E-state index contributed by atoms with van der Waals surface area (Å²) in [4.78, 5) is 28.7. The summed E-state index contributed by atoms with van der Waals surface area (Å²) in [7, 11) is 0. The molecule has 1 aliphatic rings. The minimum atomic E-state index is -0.488. The maximum absolute atomic E-state index is 13.2. The highest BCUT2D eigenvalue weighted by molar-refractivity contribution is 7.13. The third kappa shape index (κ3) is 6.25. The molecule has 4 rings (SSSR count). The van der Waals surface area contributed by atoms with E-state index in [1.807, 2.05) is 24.3 Å². The summed E-state index contributed by atoms with van der Waals surface area (Å²) in [5, 5.41) is 11.6. The second-order valence-electron chi connectivity index (χ2n) is 7.31. The fourth-order valence-electron chi connectivity index (χ4n) is 3.36. The lowest BCUT2D eigenvalue weighted by Crippen LogP contribution is -2.49. The van der Waals surface area contributed by atoms with Gasteiger partial charge in [0.1, 0.15) is 24.0 Å². The molecule has 3 aromatic rings. The molecular formula is C22H21ClFN5O3S. The molecule has 1 fully saturated rings. The molecule has 1 aliphatic heterocycles. The van der Waals surface area contributed by atoms with E-state index in [9.17, 15) is 14.0 Å². The molecule has 0 unspecified atom stereocenters. The predicted octanol–water partition coefficient (Wildman–Crippen LogP) is 3.45. The second kappa shape index (κ2) is 10.7. The van der Waals surface area contributed by atoms with E-state index in [2.05, 4.69) is 20.4 Å². The SMILES string of the molecule is O=C(Nc1cccc(F)c1)c1nnc(COCC(=O)N2CCN(c3cccc(Cl)c3)CC2)s1. The first-order valence-corrected chi connectivity index (χ1v) is 11.4. The van der Waals surface area contributed by atoms with Gasteiger partial charge in [-0.05, 0) is 36.4 Å². The molecule has 0 saturated carbocycles. The standard InChI is InChI=1S/C22H21ClFN5O3S/c23-15-3-1-6-18(11-15)28-7-9-29(10-8-28)20(30)14-32-13-19-26-27-22(33-19)21(31)25-17-5-2-4-16(24)12-17/h1-6,11-12H,7-10,13-14H2,(H,25,31). The normalized spacial score (nSPS) is 13.8. The van der Waals surface area contributed by atoms with Crippen LogP contribution in [0.25, 0.3) is 0 Å². The van der Waals surface area contributed by atoms with Gasteiger partial charge in [0.15, 0.2) is 0 Å². The molecule has 2 heterocycles. The van der Waals surface area contributed by atoms with E-state index in [-0.39, 0.29) is 24.1 Å². The van der Waals surface area contributed by atoms with Crippen molar-refractivity contribution in [1.82, 2.24) is 15.1 Å². The Morgan fingerprint density at radius 2 is 1.88 bits per heavy atom. The summed E-state index contributed by atoms with van der Waals surface area (Å²) < 4.78 is 18.7. The van der Waals surface area contributed by atoms with Crippen LogP contribution in [0.1, 0.15) is 14.8 Å². The minimum absolute atomic E-state index is 0.0686. The number of benzene rings is 2. The molecule has 0 atom stereocenters. The Hall–Kier alpha value is -3.08. The number of anilines is 2. The first-order valence-electron chi connectivity index (χ1n) is 10.2. The van der Waals surface area contributed by atoms with Crippen LogP contribution in [-0.2, 0) is 16.1 Å². The molecule has 0 radical (unpaired) electrons. The van der Waals surface area contributed by atoms with Crippen molar-refractivity contribution in [3.05, 3.63) is 69.4 Å². The van der Waals surface area contributed by atoms with Crippen LogP contribution in [0.5, 0.6) is 0 Å². The number of aromatic nitrogens is 2. The summed E-state index contributed by atoms with van der Waals surface area (Å²) in [5.74, 6) is -1.04. The predicted molar refractivity (Wildman–Crippen MR) is 124 cm³/mol. The third-order valence-corrected chi connectivity index (χ3v) is 6.13. The van der Waals surface area contributed by atoms with Crippen molar-refractivity contribution in [2.45, 2.75) is 6.61 Å². The smallest absolute Gasteiger partial charge is 0.286 e. The number of halogens is 2. The van der Waals surface area contributed by atoms with Crippen LogP contribution in [0.2, 0.25) is 5.02 Å². The maximum atomic E-state index is 13.2. The lowest BCUT2D eigenvalue weighted by atomic mass is 10.2. The summed E-state index contributed by atoms with van der Waals surface area (Å²) in [6.07, 6.45) is 0. The summed E-state index contributed by atoms with van der Waals surface area (Å²) >= 11 is 7.11. The zero-order valence-electron chi connectivity index (χ0n) is 17.5. The summed E-state index contributed by atoms with van der Waals surface area (Å²) in [5.41, 5.74) is 1.37. The van der Waals surface area contributed by atoms with Gasteiger partial charge in [-0.1, -0.05) is 35.1 Å². The van der Waals surface area contributed by atoms with Gasteiger partial charge in [-0.3, -0.25) is 9.59 Å². The first-order chi connectivity index (χ1) is 16.0. The van der Waals surface area contributed by atoms with E-state index < -0.39 is 11.7 Å². The highest BCUT2D eigenvalue weighted by Crippen LogP contribution is 2.21. The van der Waals surface area contributed by atoms with Crippen LogP contribution in [0.4, 0.5) is 15.8 Å². The van der Waals surface area contributed by atoms with E-state index in [1.54, 1.807) is 11.0 Å². The van der Waals surface area contributed by atoms with Gasteiger partial charge in [0.2, 0.25) is 10.9 Å². The van der Waals surface area contributed by atoms with Crippen molar-refractivity contribution in [1.29, 1.82) is 0 Å². The second-order valence-corrected chi connectivity index (χ2v) is 8.80. The molecule has 33 heavy (non-hydrogen) atoms. The molecule has 2 amide bonds. The quantitative estimate of drug-likeness (QED) is 0.547. The highest BCUT2D eigenvalue weighted by Gasteiger charge is 2.22. The zero-order chi connectivity index (χ0) is 23.2. The van der Waals surface area contributed by atoms with Crippen LogP contribution in [0, 0.1) is 5.82 Å². The summed E-state index contributed by atoms with van der Waals surface area (Å²) in [6, 6.07) is 13.2. The van der Waals surface area contributed by atoms with E-state index >= 15 is 0 Å². The van der Waals surface area contributed by atoms with E-state index in [0.29, 0.717) is 41.9 Å². The van der Waals surface area contributed by atoms with Gasteiger partial charge in [-0.25, -0.2) is 4.39 Å². The van der Waals surface area contributed by atoms with Crippen molar-refractivity contribution < 1.29 is 18.7 Å². The Bertz CT molecular complexity index is 1140. The molecule has 8 nitrogen and oxygen atoms in total. The van der Waals surface area contributed by atoms with Crippen molar-refractivity contribution in [3.8, 4) is 0 Å². The molecular weight excluding hydrogens is 469 g/mol. The van der Waals surface area contributed by atoms with Crippen LogP contribution in [-0.4, -0.2) is 59.7 Å². The lowest BCUT2D eigenvalue weighted by Gasteiger charge is -2.36. The van der Waals surface area contributed by atoms with Crippen molar-refractivity contribution >= 4 is 46.1 Å². The fraction of sp³-hybridized carbons (Fsp3) is 0.273. The first kappa shape index (κ1) is 23.1. The fourth-order valence-corrected chi connectivity index (χ4v) is 4.22. The average molecular weight is 490 g/mol. The van der Waals surface area contributed by atoms with E-state index in [1.165, 1.54) is 18.2 Å². The number of rotatable bonds is 7. The summed E-state index contributed by atoms with van der Waals surface area (Å²) in [6.45, 7) is 2.61. The monoisotopic (exact) mass is 489 g/mol. The molecule has 172 valence electrons. The number of carbonyl (C=O) groups excluding carboxylic acids is 2. The van der Waals surface area contributed by atoms with Gasteiger partial charge < -0.3 is 19.9 Å². The number of hydrogen-bond donors (Lipinski definition) is 1. The minimum Gasteiger partial charge on any atom is -0.368 e. The number of hydrogen-bond acceptors (Lipinski definition) is 7. The Kier molecular flexibility index (Phi) is 7.48. The Labute approximate surface area is 198 Å². The van der Waals surface area contributed by atoms with Gasteiger partial charge in [0.05, 0.1) is 0 Å². The third-order valence-electron chi connectivity index (χ3n) is 5.00. The number of ether oxygens (including phenoxy) is 1. The average Bonchev–Trinajstić information content (AvgIpc) is 3.28. The van der Waals surface area contributed by atoms with Gasteiger partial charge in [0.25, 0.3) is 5.91 Å². The largest absolute Gasteiger partial charge is 0.368 e. The van der Waals surface area contributed by atoms with Crippen molar-refractivity contribution in [2.75, 3.05) is 43.0 Å². The van der Waals surface area contributed by atoms with Gasteiger partial charge in [0, 0.05) is 42.6 Å². The highest BCUT2D eigenvalue weighted by atomic mass is 35.5. The molecule has 0 bridgehead atoms. The Morgan fingerprint density at radius 1 is 1.09 bits per heavy atom. The number of amides is 2. The topological polar surface area (TPSA) is 87.7 Å². The van der Waals surface area contributed by atoms with Gasteiger partial charge in [-0.2, -0.15) is 0 Å². The van der Waals surface area contributed by atoms with Gasteiger partial charge >= 0.3 is 0 Å². The molecule has 1 saturated heterocycles. The maximum Gasteiger partial charge on any atom is 0.286 e. The van der Waals surface area contributed by atoms with Crippen molar-refractivity contribution in [2.24, 2.45) is 0 Å². The van der Waals surface area contributed by atoms with Crippen molar-refractivity contribution in [3.63, 3.8) is 0 Å². The van der Waals surface area contributed by atoms with E-state index in [4.69, 9.17) is 16.3 Å². The molecule has 0 spiro atoms. The molecule has 2 aromatic carbocycles.